The minimum absolute atomic E-state index is 0.0515. The van der Waals surface area contributed by atoms with Crippen LogP contribution in [0.5, 0.6) is 12.0 Å². The van der Waals surface area contributed by atoms with E-state index in [0.717, 1.165) is 5.56 Å². The molecule has 0 aliphatic heterocycles. The number of hydrogen-bond acceptors (Lipinski definition) is 11. The number of aromatic nitrogens is 4. The molecule has 1 amide bonds. The van der Waals surface area contributed by atoms with Gasteiger partial charge in [0.05, 0.1) is 26.4 Å². The first kappa shape index (κ1) is 25.6. The number of rotatable bonds is 13. The summed E-state index contributed by atoms with van der Waals surface area (Å²) in [6.07, 6.45) is 0. The van der Waals surface area contributed by atoms with Crippen molar-refractivity contribution in [2.24, 2.45) is 0 Å². The average molecular weight is 489 g/mol. The molecule has 35 heavy (non-hydrogen) atoms. The highest BCUT2D eigenvalue weighted by atomic mass is 16.6. The fraction of sp³-hybridized carbons (Fsp3) is 0.409. The number of nitrogens with one attached hydrogen (secondary N) is 1. The lowest BCUT2D eigenvalue weighted by Gasteiger charge is -2.09. The van der Waals surface area contributed by atoms with Crippen LogP contribution in [-0.4, -0.2) is 83.2 Å². The number of nitrogen functional groups attached to an aromatic ring is 1. The summed E-state index contributed by atoms with van der Waals surface area (Å²) in [6.45, 7) is 3.19. The van der Waals surface area contributed by atoms with Gasteiger partial charge in [-0.2, -0.15) is 15.0 Å². The van der Waals surface area contributed by atoms with Crippen LogP contribution in [0, 0.1) is 0 Å². The van der Waals surface area contributed by atoms with Crippen molar-refractivity contribution >= 4 is 28.9 Å². The number of imidazole rings is 1. The summed E-state index contributed by atoms with van der Waals surface area (Å²) in [4.78, 5) is 35.4. The molecular weight excluding hydrogens is 460 g/mol. The number of esters is 1. The molecule has 3 aromatic rings. The summed E-state index contributed by atoms with van der Waals surface area (Å²) in [5.74, 6) is -0.538. The maximum Gasteiger partial charge on any atom is 0.320 e. The smallest absolute Gasteiger partial charge is 0.320 e. The fourth-order valence-corrected chi connectivity index (χ4v) is 3.05. The Morgan fingerprint density at radius 1 is 1.06 bits per heavy atom. The molecule has 0 aliphatic carbocycles. The summed E-state index contributed by atoms with van der Waals surface area (Å²) in [6, 6.07) is 6.64. The van der Waals surface area contributed by atoms with Crippen LogP contribution in [-0.2, 0) is 25.5 Å². The molecule has 3 rings (SSSR count). The van der Waals surface area contributed by atoms with Gasteiger partial charge in [0, 0.05) is 26.1 Å². The Bertz CT molecular complexity index is 1150. The Balaban J connectivity index is 1.59. The third-order valence-electron chi connectivity index (χ3n) is 4.72. The molecule has 0 bridgehead atoms. The van der Waals surface area contributed by atoms with E-state index >= 15 is 0 Å². The van der Waals surface area contributed by atoms with Crippen LogP contribution in [0.2, 0.25) is 0 Å². The van der Waals surface area contributed by atoms with Crippen LogP contribution in [0.15, 0.2) is 24.3 Å². The van der Waals surface area contributed by atoms with Crippen molar-refractivity contribution < 1.29 is 33.6 Å². The minimum Gasteiger partial charge on any atom is -0.480 e. The maximum absolute atomic E-state index is 12.3. The molecule has 0 aliphatic rings. The summed E-state index contributed by atoms with van der Waals surface area (Å²) in [5.41, 5.74) is 7.79. The molecule has 0 unspecified atom stereocenters. The minimum atomic E-state index is -0.365. The average Bonchev–Trinajstić information content (AvgIpc) is 3.14. The molecule has 2 heterocycles. The number of fused-ring (bicyclic) bond motifs is 1. The molecule has 2 aromatic heterocycles. The normalized spacial score (nSPS) is 10.9. The molecule has 13 heteroatoms. The lowest BCUT2D eigenvalue weighted by molar-refractivity contribution is -0.142. The quantitative estimate of drug-likeness (QED) is 0.226. The van der Waals surface area contributed by atoms with Gasteiger partial charge in [-0.3, -0.25) is 14.2 Å². The molecule has 1 aromatic carbocycles. The van der Waals surface area contributed by atoms with E-state index in [0.29, 0.717) is 31.0 Å². The van der Waals surface area contributed by atoms with E-state index in [9.17, 15) is 14.7 Å². The van der Waals surface area contributed by atoms with Gasteiger partial charge in [0.1, 0.15) is 13.2 Å². The van der Waals surface area contributed by atoms with Crippen molar-refractivity contribution in [3.63, 3.8) is 0 Å². The van der Waals surface area contributed by atoms with Crippen molar-refractivity contribution in [1.82, 2.24) is 24.8 Å². The highest BCUT2D eigenvalue weighted by Gasteiger charge is 2.17. The number of methoxy groups -OCH3 is 1. The first-order valence-electron chi connectivity index (χ1n) is 10.8. The van der Waals surface area contributed by atoms with E-state index in [4.69, 9.17) is 24.7 Å². The monoisotopic (exact) mass is 488 g/mol. The Kier molecular flexibility index (Phi) is 9.15. The second kappa shape index (κ2) is 12.5. The van der Waals surface area contributed by atoms with Gasteiger partial charge >= 0.3 is 12.0 Å². The van der Waals surface area contributed by atoms with Gasteiger partial charge in [0.15, 0.2) is 17.0 Å². The van der Waals surface area contributed by atoms with Crippen LogP contribution in [0.4, 0.5) is 5.82 Å². The summed E-state index contributed by atoms with van der Waals surface area (Å²) in [7, 11) is 1.55. The van der Waals surface area contributed by atoms with E-state index in [1.165, 1.54) is 11.5 Å². The standard InChI is InChI=1S/C22H28N6O7/c1-14(29)34-12-10-33-8-7-24-20(30)16-5-3-15(4-6-16)13-28-19-17(25-22(28)31)18(23)26-21(27-19)35-11-9-32-2/h3-6H,7-13H2,1-2H3,(H,24,30)(H,25,31)(H2,23,26,27). The number of carbonyl (C=O) groups is 2. The number of hydrogen-bond donors (Lipinski definition) is 3. The molecule has 4 N–H and O–H groups in total. The molecule has 0 saturated carbocycles. The van der Waals surface area contributed by atoms with Crippen molar-refractivity contribution in [3.05, 3.63) is 35.4 Å². The zero-order chi connectivity index (χ0) is 25.2. The third-order valence-corrected chi connectivity index (χ3v) is 4.72. The lowest BCUT2D eigenvalue weighted by atomic mass is 10.1. The van der Waals surface area contributed by atoms with E-state index in [1.54, 1.807) is 31.4 Å². The van der Waals surface area contributed by atoms with Crippen molar-refractivity contribution in [2.45, 2.75) is 13.5 Å². The number of amides is 1. The van der Waals surface area contributed by atoms with E-state index in [1.807, 2.05) is 0 Å². The van der Waals surface area contributed by atoms with Gasteiger partial charge in [-0.15, -0.1) is 0 Å². The first-order valence-corrected chi connectivity index (χ1v) is 10.8. The molecular formula is C22H28N6O7. The van der Waals surface area contributed by atoms with Crippen LogP contribution in [0.1, 0.15) is 22.8 Å². The number of benzene rings is 1. The molecule has 0 saturated heterocycles. The lowest BCUT2D eigenvalue weighted by Crippen LogP contribution is -2.27. The Morgan fingerprint density at radius 2 is 1.83 bits per heavy atom. The van der Waals surface area contributed by atoms with Crippen LogP contribution in [0.25, 0.3) is 11.2 Å². The summed E-state index contributed by atoms with van der Waals surface area (Å²) < 4.78 is 21.9. The molecule has 0 fully saturated rings. The highest BCUT2D eigenvalue weighted by Crippen LogP contribution is 2.25. The van der Waals surface area contributed by atoms with Gasteiger partial charge in [0.2, 0.25) is 0 Å². The molecule has 0 spiro atoms. The number of nitrogens with two attached hydrogens (primary N) is 1. The highest BCUT2D eigenvalue weighted by molar-refractivity contribution is 5.94. The topological polar surface area (TPSA) is 173 Å². The van der Waals surface area contributed by atoms with Gasteiger partial charge in [-0.1, -0.05) is 12.1 Å². The SMILES string of the molecule is COCCOc1nc(N)c2nc(O)n(Cc3ccc(C(=O)NCCOCCOC(C)=O)cc3)c2n1. The summed E-state index contributed by atoms with van der Waals surface area (Å²) in [5, 5.41) is 13.1. The second-order valence-electron chi connectivity index (χ2n) is 7.31. The maximum atomic E-state index is 12.3. The van der Waals surface area contributed by atoms with E-state index < -0.39 is 0 Å². The van der Waals surface area contributed by atoms with Gasteiger partial charge in [-0.25, -0.2) is 0 Å². The zero-order valence-electron chi connectivity index (χ0n) is 19.5. The number of anilines is 1. The van der Waals surface area contributed by atoms with Gasteiger partial charge in [0.25, 0.3) is 11.9 Å². The first-order chi connectivity index (χ1) is 16.9. The Labute approximate surface area is 201 Å². The number of nitrogens with zero attached hydrogens (tertiary/aromatic N) is 4. The van der Waals surface area contributed by atoms with E-state index in [2.05, 4.69) is 20.3 Å². The largest absolute Gasteiger partial charge is 0.480 e. The predicted molar refractivity (Wildman–Crippen MR) is 124 cm³/mol. The second-order valence-corrected chi connectivity index (χ2v) is 7.31. The van der Waals surface area contributed by atoms with Crippen LogP contribution in [0.3, 0.4) is 0 Å². The Hall–Kier alpha value is -3.97. The molecule has 0 radical (unpaired) electrons. The third kappa shape index (κ3) is 7.25. The number of ether oxygens (including phenoxy) is 4. The Morgan fingerprint density at radius 3 is 2.54 bits per heavy atom. The van der Waals surface area contributed by atoms with Crippen LogP contribution >= 0.6 is 0 Å². The predicted octanol–water partition coefficient (Wildman–Crippen LogP) is 0.497. The van der Waals surface area contributed by atoms with Gasteiger partial charge < -0.3 is 35.1 Å². The summed E-state index contributed by atoms with van der Waals surface area (Å²) >= 11 is 0. The molecule has 13 nitrogen and oxygen atoms in total. The number of aromatic hydroxyl groups is 1. The van der Waals surface area contributed by atoms with E-state index in [-0.39, 0.29) is 61.6 Å². The van der Waals surface area contributed by atoms with Gasteiger partial charge in [-0.05, 0) is 17.7 Å². The van der Waals surface area contributed by atoms with Crippen molar-refractivity contribution in [2.75, 3.05) is 52.4 Å². The molecule has 0 atom stereocenters. The molecule has 188 valence electrons. The fourth-order valence-electron chi connectivity index (χ4n) is 3.05. The zero-order valence-corrected chi connectivity index (χ0v) is 19.5. The van der Waals surface area contributed by atoms with Crippen molar-refractivity contribution in [1.29, 1.82) is 0 Å². The van der Waals surface area contributed by atoms with Crippen LogP contribution < -0.4 is 15.8 Å². The number of carbonyl (C=O) groups excluding carboxylic acids is 2. The van der Waals surface area contributed by atoms with Crippen molar-refractivity contribution in [3.8, 4) is 12.0 Å².